The van der Waals surface area contributed by atoms with Crippen LogP contribution in [-0.2, 0) is 16.1 Å². The number of benzene rings is 1. The van der Waals surface area contributed by atoms with Gasteiger partial charge >= 0.3 is 5.97 Å². The summed E-state index contributed by atoms with van der Waals surface area (Å²) in [4.78, 5) is 18.5. The van der Waals surface area contributed by atoms with E-state index in [1.54, 1.807) is 6.21 Å². The lowest BCUT2D eigenvalue weighted by Crippen LogP contribution is -2.26. The molecule has 2 rings (SSSR count). The molecule has 0 aliphatic carbocycles. The SMILES string of the molecule is CC1CC=NC(C(=O)OCc2ccccc2)=C(I)N1C. The van der Waals surface area contributed by atoms with Crippen molar-refractivity contribution in [1.82, 2.24) is 4.90 Å². The summed E-state index contributed by atoms with van der Waals surface area (Å²) in [5.41, 5.74) is 1.35. The standard InChI is InChI=1S/C15H17IN2O2/c1-11-8-9-17-13(14(16)18(11)2)15(19)20-10-12-6-4-3-5-7-12/h3-7,9,11H,8,10H2,1-2H3. The molecule has 5 heteroatoms. The smallest absolute Gasteiger partial charge is 0.359 e. The molecule has 0 saturated heterocycles. The summed E-state index contributed by atoms with van der Waals surface area (Å²) < 4.78 is 6.16. The topological polar surface area (TPSA) is 41.9 Å². The summed E-state index contributed by atoms with van der Waals surface area (Å²) in [6.45, 7) is 2.37. The van der Waals surface area contributed by atoms with Crippen molar-refractivity contribution in [2.75, 3.05) is 7.05 Å². The largest absolute Gasteiger partial charge is 0.456 e. The van der Waals surface area contributed by atoms with E-state index in [-0.39, 0.29) is 12.6 Å². The zero-order valence-electron chi connectivity index (χ0n) is 11.5. The van der Waals surface area contributed by atoms with Crippen LogP contribution in [0.4, 0.5) is 0 Å². The van der Waals surface area contributed by atoms with Gasteiger partial charge in [0.15, 0.2) is 5.70 Å². The van der Waals surface area contributed by atoms with Gasteiger partial charge < -0.3 is 9.64 Å². The first-order valence-electron chi connectivity index (χ1n) is 6.45. The first-order valence-corrected chi connectivity index (χ1v) is 7.53. The molecule has 1 aromatic rings. The molecule has 1 atom stereocenters. The Labute approximate surface area is 132 Å². The molecule has 0 fully saturated rings. The number of carbonyl (C=O) groups is 1. The van der Waals surface area contributed by atoms with Gasteiger partial charge in [-0.25, -0.2) is 4.79 Å². The third-order valence-corrected chi connectivity index (χ3v) is 4.51. The molecule has 0 saturated carbocycles. The van der Waals surface area contributed by atoms with E-state index in [1.807, 2.05) is 42.3 Å². The van der Waals surface area contributed by atoms with Crippen molar-refractivity contribution in [3.8, 4) is 0 Å². The Morgan fingerprint density at radius 1 is 1.45 bits per heavy atom. The normalized spacial score (nSPS) is 18.9. The second-order valence-corrected chi connectivity index (χ2v) is 5.73. The Morgan fingerprint density at radius 2 is 2.15 bits per heavy atom. The molecule has 106 valence electrons. The molecule has 0 spiro atoms. The van der Waals surface area contributed by atoms with Crippen molar-refractivity contribution in [1.29, 1.82) is 0 Å². The molecule has 1 aliphatic heterocycles. The maximum absolute atomic E-state index is 12.2. The third-order valence-electron chi connectivity index (χ3n) is 3.24. The van der Waals surface area contributed by atoms with Crippen molar-refractivity contribution in [3.05, 3.63) is 45.3 Å². The fraction of sp³-hybridized carbons (Fsp3) is 0.333. The molecular weight excluding hydrogens is 367 g/mol. The van der Waals surface area contributed by atoms with Gasteiger partial charge in [-0.05, 0) is 35.1 Å². The summed E-state index contributed by atoms with van der Waals surface area (Å²) in [5, 5.41) is 0. The molecule has 0 N–H and O–H groups in total. The van der Waals surface area contributed by atoms with Crippen LogP contribution in [0.25, 0.3) is 0 Å². The van der Waals surface area contributed by atoms with Crippen molar-refractivity contribution in [2.45, 2.75) is 26.0 Å². The van der Waals surface area contributed by atoms with Gasteiger partial charge in [-0.2, -0.15) is 0 Å². The van der Waals surface area contributed by atoms with Gasteiger partial charge in [0.2, 0.25) is 0 Å². The highest BCUT2D eigenvalue weighted by Gasteiger charge is 2.22. The summed E-state index contributed by atoms with van der Waals surface area (Å²) in [5.74, 6) is -0.379. The van der Waals surface area contributed by atoms with E-state index in [4.69, 9.17) is 4.74 Å². The number of halogens is 1. The summed E-state index contributed by atoms with van der Waals surface area (Å²) in [6, 6.07) is 9.96. The van der Waals surface area contributed by atoms with Crippen LogP contribution in [0, 0.1) is 0 Å². The van der Waals surface area contributed by atoms with Crippen LogP contribution in [-0.4, -0.2) is 30.2 Å². The Kier molecular flexibility index (Phi) is 5.17. The molecular formula is C15H17IN2O2. The number of hydrogen-bond acceptors (Lipinski definition) is 4. The number of nitrogens with zero attached hydrogens (tertiary/aromatic N) is 2. The highest BCUT2D eigenvalue weighted by molar-refractivity contribution is 14.1. The summed E-state index contributed by atoms with van der Waals surface area (Å²) >= 11 is 2.15. The van der Waals surface area contributed by atoms with Gasteiger partial charge in [-0.15, -0.1) is 0 Å². The lowest BCUT2D eigenvalue weighted by molar-refractivity contribution is -0.140. The minimum absolute atomic E-state index is 0.266. The minimum atomic E-state index is -0.379. The second kappa shape index (κ2) is 6.88. The summed E-state index contributed by atoms with van der Waals surface area (Å²) in [6.07, 6.45) is 2.60. The number of aliphatic imine (C=N–C) groups is 1. The molecule has 1 unspecified atom stereocenters. The fourth-order valence-electron chi connectivity index (χ4n) is 1.80. The van der Waals surface area contributed by atoms with E-state index in [1.165, 1.54) is 0 Å². The minimum Gasteiger partial charge on any atom is -0.456 e. The molecule has 1 heterocycles. The maximum atomic E-state index is 12.2. The first-order chi connectivity index (χ1) is 9.59. The van der Waals surface area contributed by atoms with Gasteiger partial charge in [0.05, 0.1) is 0 Å². The lowest BCUT2D eigenvalue weighted by Gasteiger charge is -2.24. The Hall–Kier alpha value is -1.37. The quantitative estimate of drug-likeness (QED) is 0.457. The van der Waals surface area contributed by atoms with Gasteiger partial charge in [0.25, 0.3) is 0 Å². The van der Waals surface area contributed by atoms with E-state index < -0.39 is 0 Å². The third kappa shape index (κ3) is 3.59. The zero-order valence-corrected chi connectivity index (χ0v) is 13.7. The number of ether oxygens (including phenoxy) is 1. The molecule has 0 radical (unpaired) electrons. The molecule has 20 heavy (non-hydrogen) atoms. The first kappa shape index (κ1) is 15.0. The lowest BCUT2D eigenvalue weighted by atomic mass is 10.2. The highest BCUT2D eigenvalue weighted by Crippen LogP contribution is 2.24. The number of esters is 1. The van der Waals surface area contributed by atoms with Crippen molar-refractivity contribution in [2.24, 2.45) is 4.99 Å². The van der Waals surface area contributed by atoms with E-state index in [0.29, 0.717) is 11.7 Å². The zero-order chi connectivity index (χ0) is 14.5. The van der Waals surface area contributed by atoms with Gasteiger partial charge in [0.1, 0.15) is 10.3 Å². The molecule has 0 amide bonds. The number of carbonyl (C=O) groups excluding carboxylic acids is 1. The van der Waals surface area contributed by atoms with Crippen molar-refractivity contribution >= 4 is 34.8 Å². The van der Waals surface area contributed by atoms with Crippen LogP contribution >= 0.6 is 22.6 Å². The maximum Gasteiger partial charge on any atom is 0.359 e. The van der Waals surface area contributed by atoms with E-state index in [9.17, 15) is 4.79 Å². The van der Waals surface area contributed by atoms with Crippen LogP contribution in [0.1, 0.15) is 18.9 Å². The Morgan fingerprint density at radius 3 is 2.85 bits per heavy atom. The molecule has 0 aromatic heterocycles. The van der Waals surface area contributed by atoms with Gasteiger partial charge in [-0.1, -0.05) is 30.3 Å². The summed E-state index contributed by atoms with van der Waals surface area (Å²) in [7, 11) is 1.96. The van der Waals surface area contributed by atoms with Crippen LogP contribution < -0.4 is 0 Å². The Bertz CT molecular complexity index is 540. The Balaban J connectivity index is 2.08. The van der Waals surface area contributed by atoms with Crippen molar-refractivity contribution < 1.29 is 9.53 Å². The number of rotatable bonds is 3. The molecule has 1 aromatic carbocycles. The monoisotopic (exact) mass is 384 g/mol. The fourth-order valence-corrected chi connectivity index (χ4v) is 2.63. The van der Waals surface area contributed by atoms with E-state index >= 15 is 0 Å². The van der Waals surface area contributed by atoms with Gasteiger partial charge in [0, 0.05) is 25.7 Å². The second-order valence-electron chi connectivity index (χ2n) is 4.71. The van der Waals surface area contributed by atoms with Crippen LogP contribution in [0.15, 0.2) is 44.7 Å². The number of hydrogen-bond donors (Lipinski definition) is 0. The predicted octanol–water partition coefficient (Wildman–Crippen LogP) is 3.13. The molecule has 4 nitrogen and oxygen atoms in total. The molecule has 1 aliphatic rings. The van der Waals surface area contributed by atoms with Crippen LogP contribution in [0.5, 0.6) is 0 Å². The van der Waals surface area contributed by atoms with Crippen LogP contribution in [0.2, 0.25) is 0 Å². The highest BCUT2D eigenvalue weighted by atomic mass is 127. The van der Waals surface area contributed by atoms with Crippen LogP contribution in [0.3, 0.4) is 0 Å². The molecule has 0 bridgehead atoms. The average molecular weight is 384 g/mol. The van der Waals surface area contributed by atoms with Crippen molar-refractivity contribution in [3.63, 3.8) is 0 Å². The van der Waals surface area contributed by atoms with E-state index in [0.717, 1.165) is 15.7 Å². The average Bonchev–Trinajstić information content (AvgIpc) is 2.59. The van der Waals surface area contributed by atoms with Gasteiger partial charge in [-0.3, -0.25) is 4.99 Å². The van der Waals surface area contributed by atoms with E-state index in [2.05, 4.69) is 34.5 Å². The predicted molar refractivity (Wildman–Crippen MR) is 87.6 cm³/mol.